The third kappa shape index (κ3) is 7.02. The van der Waals surface area contributed by atoms with E-state index in [1.165, 1.54) is 0 Å². The topological polar surface area (TPSA) is 64.1 Å². The Labute approximate surface area is 162 Å². The summed E-state index contributed by atoms with van der Waals surface area (Å²) in [6.45, 7) is 8.89. The first-order valence-electron chi connectivity index (χ1n) is 8.09. The first-order valence-corrected chi connectivity index (χ1v) is 8.09. The van der Waals surface area contributed by atoms with Crippen molar-refractivity contribution in [3.8, 4) is 17.2 Å². The molecule has 24 heavy (non-hydrogen) atoms. The van der Waals surface area contributed by atoms with Crippen molar-refractivity contribution in [2.45, 2.75) is 33.7 Å². The van der Waals surface area contributed by atoms with E-state index in [0.717, 1.165) is 31.0 Å². The molecule has 1 aromatic rings. The maximum absolute atomic E-state index is 5.61. The van der Waals surface area contributed by atoms with Gasteiger partial charge in [0.1, 0.15) is 0 Å². The highest BCUT2D eigenvalue weighted by molar-refractivity contribution is 14.0. The molecule has 138 valence electrons. The molecule has 0 saturated carbocycles. The van der Waals surface area contributed by atoms with Crippen LogP contribution in [0.15, 0.2) is 17.1 Å². The molecule has 0 aliphatic carbocycles. The van der Waals surface area contributed by atoms with Crippen LogP contribution in [-0.2, 0) is 6.54 Å². The van der Waals surface area contributed by atoms with E-state index >= 15 is 0 Å². The molecule has 0 aliphatic heterocycles. The van der Waals surface area contributed by atoms with Crippen LogP contribution >= 0.6 is 24.0 Å². The number of aliphatic imine (C=N–C) groups is 1. The fourth-order valence-corrected chi connectivity index (χ4v) is 2.07. The molecule has 0 aromatic heterocycles. The number of halogens is 1. The van der Waals surface area contributed by atoms with Gasteiger partial charge in [0.2, 0.25) is 5.75 Å². The molecule has 0 radical (unpaired) electrons. The molecule has 0 saturated heterocycles. The number of nitrogens with one attached hydrogen (secondary N) is 2. The maximum atomic E-state index is 5.61. The first kappa shape index (κ1) is 22.6. The predicted molar refractivity (Wildman–Crippen MR) is 109 cm³/mol. The van der Waals surface area contributed by atoms with E-state index in [1.54, 1.807) is 14.2 Å². The molecule has 0 unspecified atom stereocenters. The van der Waals surface area contributed by atoms with Crippen LogP contribution in [0, 0.1) is 0 Å². The van der Waals surface area contributed by atoms with Crippen molar-refractivity contribution in [3.63, 3.8) is 0 Å². The van der Waals surface area contributed by atoms with Crippen LogP contribution in [0.4, 0.5) is 0 Å². The minimum Gasteiger partial charge on any atom is -0.493 e. The van der Waals surface area contributed by atoms with Gasteiger partial charge in [0.05, 0.1) is 27.4 Å². The summed E-state index contributed by atoms with van der Waals surface area (Å²) >= 11 is 0. The highest BCUT2D eigenvalue weighted by Crippen LogP contribution is 2.38. The van der Waals surface area contributed by atoms with E-state index in [2.05, 4.69) is 22.5 Å². The van der Waals surface area contributed by atoms with Crippen molar-refractivity contribution in [2.75, 3.05) is 33.9 Å². The molecule has 6 nitrogen and oxygen atoms in total. The summed E-state index contributed by atoms with van der Waals surface area (Å²) in [6, 6.07) is 3.86. The van der Waals surface area contributed by atoms with Gasteiger partial charge in [0, 0.05) is 13.1 Å². The number of hydrogen-bond acceptors (Lipinski definition) is 4. The van der Waals surface area contributed by atoms with Crippen molar-refractivity contribution >= 4 is 29.9 Å². The van der Waals surface area contributed by atoms with Gasteiger partial charge in [-0.2, -0.15) is 0 Å². The van der Waals surface area contributed by atoms with Gasteiger partial charge in [-0.05, 0) is 38.0 Å². The summed E-state index contributed by atoms with van der Waals surface area (Å²) in [6.07, 6.45) is 1.05. The molecular weight excluding hydrogens is 421 g/mol. The highest BCUT2D eigenvalue weighted by Gasteiger charge is 2.13. The molecule has 0 amide bonds. The minimum absolute atomic E-state index is 0. The molecule has 1 rings (SSSR count). The van der Waals surface area contributed by atoms with E-state index < -0.39 is 0 Å². The summed E-state index contributed by atoms with van der Waals surface area (Å²) in [4.78, 5) is 4.59. The zero-order chi connectivity index (χ0) is 17.1. The average molecular weight is 451 g/mol. The number of nitrogens with zero attached hydrogens (tertiary/aromatic N) is 1. The van der Waals surface area contributed by atoms with Crippen LogP contribution in [0.2, 0.25) is 0 Å². The lowest BCUT2D eigenvalue weighted by Gasteiger charge is -2.15. The largest absolute Gasteiger partial charge is 0.493 e. The fourth-order valence-electron chi connectivity index (χ4n) is 2.07. The van der Waals surface area contributed by atoms with Crippen molar-refractivity contribution in [1.29, 1.82) is 0 Å². The molecule has 0 aliphatic rings. The van der Waals surface area contributed by atoms with Crippen LogP contribution in [0.1, 0.15) is 32.8 Å². The SMILES string of the molecule is CCCNC(=NCc1cc(OC)c(OCC)c(OC)c1)NCC.I. The van der Waals surface area contributed by atoms with Gasteiger partial charge < -0.3 is 24.8 Å². The Kier molecular flexibility index (Phi) is 12.2. The second kappa shape index (κ2) is 13.0. The van der Waals surface area contributed by atoms with Crippen molar-refractivity contribution in [3.05, 3.63) is 17.7 Å². The van der Waals surface area contributed by atoms with Gasteiger partial charge in [-0.25, -0.2) is 4.99 Å². The number of benzene rings is 1. The molecular formula is C17H30IN3O3. The number of methoxy groups -OCH3 is 2. The Hall–Kier alpha value is -1.38. The normalized spacial score (nSPS) is 10.6. The van der Waals surface area contributed by atoms with Gasteiger partial charge in [-0.3, -0.25) is 0 Å². The monoisotopic (exact) mass is 451 g/mol. The van der Waals surface area contributed by atoms with Gasteiger partial charge in [-0.15, -0.1) is 24.0 Å². The van der Waals surface area contributed by atoms with Crippen LogP contribution in [0.5, 0.6) is 17.2 Å². The summed E-state index contributed by atoms with van der Waals surface area (Å²) in [5.41, 5.74) is 0.996. The quantitative estimate of drug-likeness (QED) is 0.343. The smallest absolute Gasteiger partial charge is 0.203 e. The van der Waals surface area contributed by atoms with Gasteiger partial charge in [0.15, 0.2) is 17.5 Å². The minimum atomic E-state index is 0. The number of hydrogen-bond donors (Lipinski definition) is 2. The summed E-state index contributed by atoms with van der Waals surface area (Å²) in [5, 5.41) is 6.51. The lowest BCUT2D eigenvalue weighted by Crippen LogP contribution is -2.37. The maximum Gasteiger partial charge on any atom is 0.203 e. The average Bonchev–Trinajstić information content (AvgIpc) is 2.58. The van der Waals surface area contributed by atoms with E-state index in [4.69, 9.17) is 14.2 Å². The van der Waals surface area contributed by atoms with E-state index in [0.29, 0.717) is 30.4 Å². The van der Waals surface area contributed by atoms with Gasteiger partial charge in [-0.1, -0.05) is 6.92 Å². The predicted octanol–water partition coefficient (Wildman–Crippen LogP) is 3.19. The van der Waals surface area contributed by atoms with Crippen molar-refractivity contribution in [1.82, 2.24) is 10.6 Å². The summed E-state index contributed by atoms with van der Waals surface area (Å²) < 4.78 is 16.4. The van der Waals surface area contributed by atoms with E-state index in [1.807, 2.05) is 26.0 Å². The standard InChI is InChI=1S/C17H29N3O3.HI/c1-6-9-19-17(18-7-2)20-12-13-10-14(21-4)16(23-8-3)15(11-13)22-5;/h10-11H,6-9,12H2,1-5H3,(H2,18,19,20);1H. The molecule has 0 heterocycles. The van der Waals surface area contributed by atoms with E-state index in [-0.39, 0.29) is 24.0 Å². The Bertz CT molecular complexity index is 485. The summed E-state index contributed by atoms with van der Waals surface area (Å²) in [7, 11) is 3.24. The first-order chi connectivity index (χ1) is 11.2. The molecule has 0 atom stereocenters. The molecule has 1 aromatic carbocycles. The number of rotatable bonds is 9. The van der Waals surface area contributed by atoms with Crippen molar-refractivity contribution < 1.29 is 14.2 Å². The molecule has 7 heteroatoms. The lowest BCUT2D eigenvalue weighted by molar-refractivity contribution is 0.288. The Morgan fingerprint density at radius 3 is 2.12 bits per heavy atom. The molecule has 0 spiro atoms. The van der Waals surface area contributed by atoms with Crippen LogP contribution in [0.3, 0.4) is 0 Å². The number of ether oxygens (including phenoxy) is 3. The third-order valence-electron chi connectivity index (χ3n) is 3.12. The van der Waals surface area contributed by atoms with Gasteiger partial charge in [0.25, 0.3) is 0 Å². The second-order valence-electron chi connectivity index (χ2n) is 4.88. The third-order valence-corrected chi connectivity index (χ3v) is 3.12. The Morgan fingerprint density at radius 2 is 1.67 bits per heavy atom. The van der Waals surface area contributed by atoms with E-state index in [9.17, 15) is 0 Å². The second-order valence-corrected chi connectivity index (χ2v) is 4.88. The van der Waals surface area contributed by atoms with Crippen LogP contribution in [0.25, 0.3) is 0 Å². The summed E-state index contributed by atoms with van der Waals surface area (Å²) in [5.74, 6) is 2.74. The fraction of sp³-hybridized carbons (Fsp3) is 0.588. The van der Waals surface area contributed by atoms with Crippen LogP contribution in [-0.4, -0.2) is 39.9 Å². The Morgan fingerprint density at radius 1 is 1.04 bits per heavy atom. The highest BCUT2D eigenvalue weighted by atomic mass is 127. The van der Waals surface area contributed by atoms with Crippen LogP contribution < -0.4 is 24.8 Å². The molecule has 2 N–H and O–H groups in total. The lowest BCUT2D eigenvalue weighted by atomic mass is 10.2. The Balaban J connectivity index is 0.00000529. The van der Waals surface area contributed by atoms with Gasteiger partial charge >= 0.3 is 0 Å². The molecule has 0 fully saturated rings. The van der Waals surface area contributed by atoms with Crippen molar-refractivity contribution in [2.24, 2.45) is 4.99 Å². The number of guanidine groups is 1. The molecule has 0 bridgehead atoms. The zero-order valence-corrected chi connectivity index (χ0v) is 17.6. The zero-order valence-electron chi connectivity index (χ0n) is 15.3.